The lowest BCUT2D eigenvalue weighted by atomic mass is 10.2. The Morgan fingerprint density at radius 2 is 1.85 bits per heavy atom. The van der Waals surface area contributed by atoms with Crippen molar-refractivity contribution in [2.24, 2.45) is 0 Å². The molecule has 1 aromatic carbocycles. The second-order valence-electron chi connectivity index (χ2n) is 6.59. The van der Waals surface area contributed by atoms with Gasteiger partial charge in [-0.3, -0.25) is 9.59 Å². The van der Waals surface area contributed by atoms with Crippen molar-refractivity contribution >= 4 is 17.5 Å². The van der Waals surface area contributed by atoms with Crippen LogP contribution in [0, 0.1) is 5.82 Å². The number of anilines is 1. The molecule has 0 radical (unpaired) electrons. The normalized spacial score (nSPS) is 14.3. The number of carbonyl (C=O) groups excluding carboxylic acids is 2. The predicted molar refractivity (Wildman–Crippen MR) is 99.6 cm³/mol. The maximum Gasteiger partial charge on any atom is 0.224 e. The summed E-state index contributed by atoms with van der Waals surface area (Å²) in [5.74, 6) is 0.362. The van der Waals surface area contributed by atoms with E-state index in [0.29, 0.717) is 50.7 Å². The van der Waals surface area contributed by atoms with Crippen LogP contribution < -0.4 is 4.90 Å². The van der Waals surface area contributed by atoms with E-state index in [9.17, 15) is 14.0 Å². The maximum atomic E-state index is 13.9. The number of amides is 2. The SMILES string of the molecule is CC(=O)N(CCC(=O)N1CCN(c2ccccc2F)CC1)Cc1ccco1. The molecule has 0 spiro atoms. The fourth-order valence-electron chi connectivity index (χ4n) is 3.23. The van der Waals surface area contributed by atoms with Gasteiger partial charge < -0.3 is 19.1 Å². The number of furan rings is 1. The highest BCUT2D eigenvalue weighted by atomic mass is 19.1. The van der Waals surface area contributed by atoms with Gasteiger partial charge in [-0.25, -0.2) is 4.39 Å². The number of benzene rings is 1. The minimum absolute atomic E-state index is 0.00822. The van der Waals surface area contributed by atoms with Crippen LogP contribution in [-0.4, -0.2) is 54.3 Å². The zero-order valence-corrected chi connectivity index (χ0v) is 15.4. The first kappa shape index (κ1) is 18.9. The topological polar surface area (TPSA) is 57.0 Å². The molecule has 1 fully saturated rings. The number of rotatable bonds is 6. The van der Waals surface area contributed by atoms with Gasteiger partial charge in [0.15, 0.2) is 0 Å². The van der Waals surface area contributed by atoms with Gasteiger partial charge in [0.05, 0.1) is 18.5 Å². The highest BCUT2D eigenvalue weighted by Crippen LogP contribution is 2.20. The summed E-state index contributed by atoms with van der Waals surface area (Å²) in [6, 6.07) is 10.3. The van der Waals surface area contributed by atoms with Crippen molar-refractivity contribution in [3.05, 3.63) is 54.2 Å². The Balaban J connectivity index is 1.49. The van der Waals surface area contributed by atoms with E-state index in [4.69, 9.17) is 4.42 Å². The quantitative estimate of drug-likeness (QED) is 0.781. The standard InChI is InChI=1S/C20H24FN3O3/c1-16(25)24(15-17-5-4-14-27-17)9-8-20(26)23-12-10-22(11-13-23)19-7-3-2-6-18(19)21/h2-7,14H,8-13,15H2,1H3. The van der Waals surface area contributed by atoms with E-state index in [1.54, 1.807) is 40.3 Å². The summed E-state index contributed by atoms with van der Waals surface area (Å²) in [6.45, 7) is 4.47. The molecule has 0 unspecified atom stereocenters. The Labute approximate surface area is 158 Å². The third kappa shape index (κ3) is 4.87. The molecule has 0 N–H and O–H groups in total. The molecule has 6 nitrogen and oxygen atoms in total. The lowest BCUT2D eigenvalue weighted by Crippen LogP contribution is -2.49. The molecule has 27 heavy (non-hydrogen) atoms. The van der Waals surface area contributed by atoms with E-state index < -0.39 is 0 Å². The van der Waals surface area contributed by atoms with Crippen molar-refractivity contribution < 1.29 is 18.4 Å². The van der Waals surface area contributed by atoms with Crippen molar-refractivity contribution in [1.29, 1.82) is 0 Å². The molecule has 1 saturated heterocycles. The van der Waals surface area contributed by atoms with E-state index >= 15 is 0 Å². The molecule has 2 heterocycles. The summed E-state index contributed by atoms with van der Waals surface area (Å²) < 4.78 is 19.2. The number of halogens is 1. The third-order valence-electron chi connectivity index (χ3n) is 4.79. The van der Waals surface area contributed by atoms with Gasteiger partial charge in [-0.15, -0.1) is 0 Å². The maximum absolute atomic E-state index is 13.9. The summed E-state index contributed by atoms with van der Waals surface area (Å²) in [5.41, 5.74) is 0.575. The van der Waals surface area contributed by atoms with Gasteiger partial charge >= 0.3 is 0 Å². The molecule has 1 aliphatic heterocycles. The monoisotopic (exact) mass is 373 g/mol. The van der Waals surface area contributed by atoms with Gasteiger partial charge in [0.25, 0.3) is 0 Å². The van der Waals surface area contributed by atoms with Crippen LogP contribution in [0.3, 0.4) is 0 Å². The summed E-state index contributed by atoms with van der Waals surface area (Å²) >= 11 is 0. The minimum atomic E-state index is -0.243. The molecule has 0 aliphatic carbocycles. The van der Waals surface area contributed by atoms with Crippen molar-refractivity contribution in [3.8, 4) is 0 Å². The molecule has 1 aromatic heterocycles. The van der Waals surface area contributed by atoms with E-state index in [1.807, 2.05) is 11.0 Å². The van der Waals surface area contributed by atoms with Crippen LogP contribution in [0.4, 0.5) is 10.1 Å². The number of carbonyl (C=O) groups is 2. The molecule has 2 aromatic rings. The Morgan fingerprint density at radius 3 is 2.48 bits per heavy atom. The summed E-state index contributed by atoms with van der Waals surface area (Å²) in [4.78, 5) is 29.7. The predicted octanol–water partition coefficient (Wildman–Crippen LogP) is 2.51. The van der Waals surface area contributed by atoms with Crippen LogP contribution in [0.25, 0.3) is 0 Å². The Kier molecular flexibility index (Phi) is 6.11. The van der Waals surface area contributed by atoms with Gasteiger partial charge in [-0.1, -0.05) is 12.1 Å². The zero-order chi connectivity index (χ0) is 19.2. The molecule has 7 heteroatoms. The second-order valence-corrected chi connectivity index (χ2v) is 6.59. The molecule has 0 bridgehead atoms. The molecule has 3 rings (SSSR count). The largest absolute Gasteiger partial charge is 0.467 e. The van der Waals surface area contributed by atoms with Gasteiger partial charge in [-0.2, -0.15) is 0 Å². The molecule has 0 saturated carbocycles. The molecular formula is C20H24FN3O3. The molecule has 144 valence electrons. The third-order valence-corrected chi connectivity index (χ3v) is 4.79. The number of hydrogen-bond acceptors (Lipinski definition) is 4. The van der Waals surface area contributed by atoms with Crippen molar-refractivity contribution in [1.82, 2.24) is 9.80 Å². The van der Waals surface area contributed by atoms with Crippen LogP contribution in [0.2, 0.25) is 0 Å². The van der Waals surface area contributed by atoms with Crippen LogP contribution in [-0.2, 0) is 16.1 Å². The average Bonchev–Trinajstić information content (AvgIpc) is 3.18. The highest BCUT2D eigenvalue weighted by molar-refractivity contribution is 5.78. The van der Waals surface area contributed by atoms with E-state index in [2.05, 4.69) is 0 Å². The Bertz CT molecular complexity index is 771. The first-order chi connectivity index (χ1) is 13.0. The van der Waals surface area contributed by atoms with Crippen LogP contribution in [0.1, 0.15) is 19.1 Å². The summed E-state index contributed by atoms with van der Waals surface area (Å²) in [5, 5.41) is 0. The number of nitrogens with zero attached hydrogens (tertiary/aromatic N) is 3. The van der Waals surface area contributed by atoms with Gasteiger partial charge in [0.1, 0.15) is 11.6 Å². The lowest BCUT2D eigenvalue weighted by molar-refractivity contribution is -0.134. The Morgan fingerprint density at radius 1 is 1.11 bits per heavy atom. The molecule has 0 atom stereocenters. The smallest absolute Gasteiger partial charge is 0.224 e. The van der Waals surface area contributed by atoms with E-state index in [1.165, 1.54) is 13.0 Å². The molecule has 1 aliphatic rings. The zero-order valence-electron chi connectivity index (χ0n) is 15.4. The van der Waals surface area contributed by atoms with Crippen molar-refractivity contribution in [2.75, 3.05) is 37.6 Å². The van der Waals surface area contributed by atoms with Gasteiger partial charge in [-0.05, 0) is 24.3 Å². The first-order valence-electron chi connectivity index (χ1n) is 9.10. The van der Waals surface area contributed by atoms with Crippen LogP contribution in [0.5, 0.6) is 0 Å². The highest BCUT2D eigenvalue weighted by Gasteiger charge is 2.23. The first-order valence-corrected chi connectivity index (χ1v) is 9.10. The fourth-order valence-corrected chi connectivity index (χ4v) is 3.23. The second kappa shape index (κ2) is 8.70. The van der Waals surface area contributed by atoms with Gasteiger partial charge in [0, 0.05) is 46.1 Å². The number of hydrogen-bond donors (Lipinski definition) is 0. The van der Waals surface area contributed by atoms with E-state index in [0.717, 1.165) is 0 Å². The minimum Gasteiger partial charge on any atom is -0.467 e. The number of para-hydroxylation sites is 1. The summed E-state index contributed by atoms with van der Waals surface area (Å²) in [6.07, 6.45) is 1.83. The van der Waals surface area contributed by atoms with Crippen molar-refractivity contribution in [3.63, 3.8) is 0 Å². The van der Waals surface area contributed by atoms with Crippen molar-refractivity contribution in [2.45, 2.75) is 19.9 Å². The fraction of sp³-hybridized carbons (Fsp3) is 0.400. The number of piperazine rings is 1. The van der Waals surface area contributed by atoms with Gasteiger partial charge in [0.2, 0.25) is 11.8 Å². The Hall–Kier alpha value is -2.83. The average molecular weight is 373 g/mol. The van der Waals surface area contributed by atoms with Crippen LogP contribution >= 0.6 is 0 Å². The van der Waals surface area contributed by atoms with Crippen LogP contribution in [0.15, 0.2) is 47.1 Å². The molecular weight excluding hydrogens is 349 g/mol. The van der Waals surface area contributed by atoms with E-state index in [-0.39, 0.29) is 24.1 Å². The summed E-state index contributed by atoms with van der Waals surface area (Å²) in [7, 11) is 0. The lowest BCUT2D eigenvalue weighted by Gasteiger charge is -2.36. The molecule has 2 amide bonds.